The summed E-state index contributed by atoms with van der Waals surface area (Å²) in [6.45, 7) is 0.00891. The van der Waals surface area contributed by atoms with Gasteiger partial charge >= 0.3 is 12.5 Å². The lowest BCUT2D eigenvalue weighted by molar-refractivity contribution is -0.274. The number of benzene rings is 1. The van der Waals surface area contributed by atoms with Crippen molar-refractivity contribution in [3.8, 4) is 5.75 Å². The Kier molecular flexibility index (Phi) is 4.90. The van der Waals surface area contributed by atoms with Gasteiger partial charge in [0.15, 0.2) is 0 Å². The van der Waals surface area contributed by atoms with Gasteiger partial charge in [-0.15, -0.1) is 13.2 Å². The molecule has 2 nitrogen and oxygen atoms in total. The first-order valence-electron chi connectivity index (χ1n) is 5.32. The standard InChI is InChI=1S/C11H11F6NO/c12-10(13,14)5-2-6-18-8-3-1-4-9(7-8)19-11(15,16)17/h1,3-4,7,18H,2,5-6H2. The van der Waals surface area contributed by atoms with Crippen molar-refractivity contribution in [1.82, 2.24) is 0 Å². The van der Waals surface area contributed by atoms with E-state index in [2.05, 4.69) is 10.1 Å². The number of alkyl halides is 6. The van der Waals surface area contributed by atoms with Crippen molar-refractivity contribution in [1.29, 1.82) is 0 Å². The van der Waals surface area contributed by atoms with E-state index in [4.69, 9.17) is 0 Å². The van der Waals surface area contributed by atoms with Gasteiger partial charge in [-0.2, -0.15) is 13.2 Å². The lowest BCUT2D eigenvalue weighted by Crippen LogP contribution is -2.17. The van der Waals surface area contributed by atoms with Gasteiger partial charge in [-0.1, -0.05) is 6.07 Å². The molecule has 0 aromatic heterocycles. The number of hydrogen-bond donors (Lipinski definition) is 1. The Bertz CT molecular complexity index is 401. The number of anilines is 1. The van der Waals surface area contributed by atoms with Crippen LogP contribution in [0.4, 0.5) is 32.0 Å². The zero-order valence-electron chi connectivity index (χ0n) is 9.61. The summed E-state index contributed by atoms with van der Waals surface area (Å²) >= 11 is 0. The molecule has 0 aliphatic rings. The second-order valence-corrected chi connectivity index (χ2v) is 3.72. The molecule has 0 atom stereocenters. The van der Waals surface area contributed by atoms with Crippen molar-refractivity contribution < 1.29 is 31.1 Å². The summed E-state index contributed by atoms with van der Waals surface area (Å²) in [4.78, 5) is 0. The summed E-state index contributed by atoms with van der Waals surface area (Å²) in [6.07, 6.45) is -10.1. The first-order valence-corrected chi connectivity index (χ1v) is 5.32. The fourth-order valence-electron chi connectivity index (χ4n) is 1.32. The maximum atomic E-state index is 11.9. The molecule has 1 rings (SSSR count). The molecule has 0 aliphatic heterocycles. The third kappa shape index (κ3) is 7.43. The van der Waals surface area contributed by atoms with Crippen LogP contribution in [0.15, 0.2) is 24.3 Å². The molecule has 8 heteroatoms. The molecule has 0 spiro atoms. The average Bonchev–Trinajstić information content (AvgIpc) is 2.21. The van der Waals surface area contributed by atoms with Gasteiger partial charge in [0.1, 0.15) is 5.75 Å². The largest absolute Gasteiger partial charge is 0.573 e. The molecule has 0 amide bonds. The first kappa shape index (κ1) is 15.5. The van der Waals surface area contributed by atoms with Crippen LogP contribution < -0.4 is 10.1 Å². The Hall–Kier alpha value is -1.60. The fourth-order valence-corrected chi connectivity index (χ4v) is 1.32. The van der Waals surface area contributed by atoms with Crippen LogP contribution in [0.25, 0.3) is 0 Å². The number of halogens is 6. The molecule has 0 unspecified atom stereocenters. The van der Waals surface area contributed by atoms with Crippen molar-refractivity contribution in [3.05, 3.63) is 24.3 Å². The minimum atomic E-state index is -4.80. The van der Waals surface area contributed by atoms with Crippen LogP contribution in [0, 0.1) is 0 Å². The van der Waals surface area contributed by atoms with Crippen LogP contribution in [-0.4, -0.2) is 19.1 Å². The van der Waals surface area contributed by atoms with Gasteiger partial charge in [-0.3, -0.25) is 0 Å². The van der Waals surface area contributed by atoms with E-state index in [1.807, 2.05) is 0 Å². The summed E-state index contributed by atoms with van der Waals surface area (Å²) in [5.74, 6) is -0.423. The topological polar surface area (TPSA) is 21.3 Å². The monoisotopic (exact) mass is 287 g/mol. The molecule has 0 bridgehead atoms. The molecule has 0 fully saturated rings. The third-order valence-electron chi connectivity index (χ3n) is 2.03. The molecule has 0 aliphatic carbocycles. The van der Waals surface area contributed by atoms with Crippen LogP contribution in [0.5, 0.6) is 5.75 Å². The zero-order chi connectivity index (χ0) is 14.5. The van der Waals surface area contributed by atoms with E-state index in [9.17, 15) is 26.3 Å². The van der Waals surface area contributed by atoms with Crippen LogP contribution in [0.1, 0.15) is 12.8 Å². The lowest BCUT2D eigenvalue weighted by Gasteiger charge is -2.11. The Morgan fingerprint density at radius 2 is 1.74 bits per heavy atom. The molecule has 1 aromatic rings. The summed E-state index contributed by atoms with van der Waals surface area (Å²) < 4.78 is 75.1. The molecular formula is C11H11F6NO. The summed E-state index contributed by atoms with van der Waals surface area (Å²) in [6, 6.07) is 4.93. The van der Waals surface area contributed by atoms with Crippen molar-refractivity contribution in [2.75, 3.05) is 11.9 Å². The Balaban J connectivity index is 2.44. The van der Waals surface area contributed by atoms with Gasteiger partial charge < -0.3 is 10.1 Å². The molecule has 0 radical (unpaired) electrons. The second-order valence-electron chi connectivity index (χ2n) is 3.72. The van der Waals surface area contributed by atoms with Crippen LogP contribution >= 0.6 is 0 Å². The second kappa shape index (κ2) is 6.03. The van der Waals surface area contributed by atoms with Crippen LogP contribution in [-0.2, 0) is 0 Å². The smallest absolute Gasteiger partial charge is 0.406 e. The van der Waals surface area contributed by atoms with Crippen LogP contribution in [0.3, 0.4) is 0 Å². The molecule has 108 valence electrons. The zero-order valence-corrected chi connectivity index (χ0v) is 9.61. The highest BCUT2D eigenvalue weighted by Gasteiger charge is 2.31. The van der Waals surface area contributed by atoms with Gasteiger partial charge in [0.2, 0.25) is 0 Å². The van der Waals surface area contributed by atoms with E-state index in [0.29, 0.717) is 0 Å². The minimum absolute atomic E-state index is 0.00891. The Labute approximate surface area is 105 Å². The normalized spacial score (nSPS) is 12.3. The molecule has 0 saturated heterocycles. The average molecular weight is 287 g/mol. The van der Waals surface area contributed by atoms with E-state index in [1.165, 1.54) is 12.1 Å². The molecule has 0 heterocycles. The molecule has 19 heavy (non-hydrogen) atoms. The first-order chi connectivity index (χ1) is 8.66. The van der Waals surface area contributed by atoms with E-state index in [-0.39, 0.29) is 18.7 Å². The van der Waals surface area contributed by atoms with E-state index < -0.39 is 24.7 Å². The molecule has 0 saturated carbocycles. The Morgan fingerprint density at radius 1 is 1.05 bits per heavy atom. The number of rotatable bonds is 5. The molecule has 1 aromatic carbocycles. The van der Waals surface area contributed by atoms with E-state index in [1.54, 1.807) is 0 Å². The number of ether oxygens (including phenoxy) is 1. The van der Waals surface area contributed by atoms with E-state index >= 15 is 0 Å². The number of nitrogens with one attached hydrogen (secondary N) is 1. The van der Waals surface area contributed by atoms with Gasteiger partial charge in [0.25, 0.3) is 0 Å². The van der Waals surface area contributed by atoms with Crippen LogP contribution in [0.2, 0.25) is 0 Å². The highest BCUT2D eigenvalue weighted by Crippen LogP contribution is 2.25. The van der Waals surface area contributed by atoms with Crippen molar-refractivity contribution in [3.63, 3.8) is 0 Å². The fraction of sp³-hybridized carbons (Fsp3) is 0.455. The summed E-state index contributed by atoms with van der Waals surface area (Å²) in [5, 5.41) is 2.60. The maximum absolute atomic E-state index is 11.9. The summed E-state index contributed by atoms with van der Waals surface area (Å²) in [7, 11) is 0. The van der Waals surface area contributed by atoms with Crippen molar-refractivity contribution >= 4 is 5.69 Å². The Morgan fingerprint density at radius 3 is 2.32 bits per heavy atom. The molecule has 1 N–H and O–H groups in total. The highest BCUT2D eigenvalue weighted by atomic mass is 19.4. The minimum Gasteiger partial charge on any atom is -0.406 e. The van der Waals surface area contributed by atoms with Gasteiger partial charge in [0.05, 0.1) is 0 Å². The SMILES string of the molecule is FC(F)(F)CCCNc1cccc(OC(F)(F)F)c1. The van der Waals surface area contributed by atoms with Gasteiger partial charge in [-0.05, 0) is 18.6 Å². The van der Waals surface area contributed by atoms with E-state index in [0.717, 1.165) is 12.1 Å². The number of hydrogen-bond acceptors (Lipinski definition) is 2. The third-order valence-corrected chi connectivity index (χ3v) is 2.03. The predicted octanol–water partition coefficient (Wildman–Crippen LogP) is 4.34. The van der Waals surface area contributed by atoms with Gasteiger partial charge in [-0.25, -0.2) is 0 Å². The van der Waals surface area contributed by atoms with Crippen molar-refractivity contribution in [2.45, 2.75) is 25.4 Å². The molecular weight excluding hydrogens is 276 g/mol. The quantitative estimate of drug-likeness (QED) is 0.642. The predicted molar refractivity (Wildman–Crippen MR) is 56.9 cm³/mol. The van der Waals surface area contributed by atoms with Gasteiger partial charge in [0, 0.05) is 24.7 Å². The summed E-state index contributed by atoms with van der Waals surface area (Å²) in [5.41, 5.74) is 0.268. The maximum Gasteiger partial charge on any atom is 0.573 e. The lowest BCUT2D eigenvalue weighted by atomic mass is 10.2. The highest BCUT2D eigenvalue weighted by molar-refractivity contribution is 5.48. The van der Waals surface area contributed by atoms with Crippen molar-refractivity contribution in [2.24, 2.45) is 0 Å².